The molecule has 0 aromatic rings. The Morgan fingerprint density at radius 2 is 2.18 bits per heavy atom. The molecule has 0 radical (unpaired) electrons. The van der Waals surface area contributed by atoms with Crippen molar-refractivity contribution in [1.29, 1.82) is 0 Å². The van der Waals surface area contributed by atoms with Gasteiger partial charge in [-0.1, -0.05) is 6.92 Å². The molecule has 0 spiro atoms. The highest BCUT2D eigenvalue weighted by atomic mass is 32.2. The van der Waals surface area contributed by atoms with Crippen molar-refractivity contribution in [1.82, 2.24) is 10.2 Å². The molecule has 6 heteroatoms. The second-order valence-electron chi connectivity index (χ2n) is 4.71. The number of hydrogen-bond donors (Lipinski definition) is 2. The van der Waals surface area contributed by atoms with E-state index in [1.807, 2.05) is 11.8 Å². The number of carbonyl (C=O) groups is 2. The first kappa shape index (κ1) is 14.2. The van der Waals surface area contributed by atoms with Crippen LogP contribution in [0.25, 0.3) is 0 Å². The van der Waals surface area contributed by atoms with Gasteiger partial charge in [0.15, 0.2) is 0 Å². The molecule has 0 saturated carbocycles. The third-order valence-electron chi connectivity index (χ3n) is 2.84. The molecule has 1 atom stereocenters. The number of aliphatic carboxylic acids is 1. The number of thioether (sulfide) groups is 1. The van der Waals surface area contributed by atoms with Crippen LogP contribution >= 0.6 is 11.8 Å². The molecule has 5 nitrogen and oxygen atoms in total. The topological polar surface area (TPSA) is 69.6 Å². The summed E-state index contributed by atoms with van der Waals surface area (Å²) in [5.74, 6) is -0.108. The number of nitrogens with one attached hydrogen (secondary N) is 1. The van der Waals surface area contributed by atoms with E-state index in [1.54, 1.807) is 4.90 Å². The molecule has 0 aromatic carbocycles. The lowest BCUT2D eigenvalue weighted by atomic mass is 10.1. The van der Waals surface area contributed by atoms with Gasteiger partial charge in [0.05, 0.1) is 0 Å². The average Bonchev–Trinajstić information content (AvgIpc) is 2.28. The van der Waals surface area contributed by atoms with Crippen molar-refractivity contribution in [3.63, 3.8) is 0 Å². The van der Waals surface area contributed by atoms with E-state index >= 15 is 0 Å². The van der Waals surface area contributed by atoms with E-state index in [9.17, 15) is 9.59 Å². The van der Waals surface area contributed by atoms with E-state index in [-0.39, 0.29) is 6.03 Å². The van der Waals surface area contributed by atoms with Crippen molar-refractivity contribution >= 4 is 23.8 Å². The van der Waals surface area contributed by atoms with Gasteiger partial charge in [-0.15, -0.1) is 0 Å². The van der Waals surface area contributed by atoms with Gasteiger partial charge >= 0.3 is 12.0 Å². The van der Waals surface area contributed by atoms with Crippen molar-refractivity contribution in [3.05, 3.63) is 0 Å². The number of rotatable bonds is 3. The lowest BCUT2D eigenvalue weighted by Crippen LogP contribution is -2.56. The van der Waals surface area contributed by atoms with Crippen molar-refractivity contribution < 1.29 is 14.7 Å². The molecule has 1 unspecified atom stereocenters. The lowest BCUT2D eigenvalue weighted by molar-refractivity contribution is -0.143. The molecular formula is C11H20N2O3S. The van der Waals surface area contributed by atoms with Crippen LogP contribution in [0.3, 0.4) is 0 Å². The van der Waals surface area contributed by atoms with E-state index < -0.39 is 11.5 Å². The van der Waals surface area contributed by atoms with E-state index in [0.717, 1.165) is 12.2 Å². The fourth-order valence-corrected chi connectivity index (χ4v) is 2.73. The summed E-state index contributed by atoms with van der Waals surface area (Å²) in [5.41, 5.74) is -1.22. The molecule has 1 saturated heterocycles. The highest BCUT2D eigenvalue weighted by Crippen LogP contribution is 2.21. The molecule has 0 aromatic heterocycles. The number of carboxylic acid groups (broad SMARTS) is 1. The van der Waals surface area contributed by atoms with Crippen LogP contribution in [0.1, 0.15) is 27.2 Å². The van der Waals surface area contributed by atoms with Crippen LogP contribution in [-0.2, 0) is 4.79 Å². The minimum Gasteiger partial charge on any atom is -0.480 e. The first-order chi connectivity index (χ1) is 7.86. The Labute approximate surface area is 106 Å². The van der Waals surface area contributed by atoms with Crippen LogP contribution < -0.4 is 5.32 Å². The second kappa shape index (κ2) is 5.62. The largest absolute Gasteiger partial charge is 0.480 e. The van der Waals surface area contributed by atoms with Gasteiger partial charge < -0.3 is 15.3 Å². The fourth-order valence-electron chi connectivity index (χ4n) is 1.55. The summed E-state index contributed by atoms with van der Waals surface area (Å²) in [6.07, 6.45) is 1.02. The maximum Gasteiger partial charge on any atom is 0.328 e. The molecule has 17 heavy (non-hydrogen) atoms. The summed E-state index contributed by atoms with van der Waals surface area (Å²) in [7, 11) is 0. The normalized spacial score (nSPS) is 21.1. The van der Waals surface area contributed by atoms with E-state index in [1.165, 1.54) is 13.8 Å². The van der Waals surface area contributed by atoms with E-state index in [2.05, 4.69) is 12.2 Å². The smallest absolute Gasteiger partial charge is 0.328 e. The summed E-state index contributed by atoms with van der Waals surface area (Å²) in [6.45, 7) is 6.46. The molecule has 1 aliphatic heterocycles. The van der Waals surface area contributed by atoms with Crippen LogP contribution in [0.4, 0.5) is 4.79 Å². The summed E-state index contributed by atoms with van der Waals surface area (Å²) in [6, 6.07) is -0.281. The Morgan fingerprint density at radius 1 is 1.53 bits per heavy atom. The predicted octanol–water partition coefficient (Wildman–Crippen LogP) is 1.39. The average molecular weight is 260 g/mol. The van der Waals surface area contributed by atoms with Gasteiger partial charge in [-0.25, -0.2) is 9.59 Å². The second-order valence-corrected chi connectivity index (χ2v) is 6.12. The predicted molar refractivity (Wildman–Crippen MR) is 68.4 cm³/mol. The molecular weight excluding hydrogens is 240 g/mol. The van der Waals surface area contributed by atoms with Crippen LogP contribution in [0.15, 0.2) is 0 Å². The number of urea groups is 1. The molecule has 0 bridgehead atoms. The maximum absolute atomic E-state index is 11.9. The summed E-state index contributed by atoms with van der Waals surface area (Å²) >= 11 is 1.87. The number of amides is 2. The van der Waals surface area contributed by atoms with Crippen LogP contribution in [0, 0.1) is 0 Å². The zero-order valence-electron chi connectivity index (χ0n) is 10.5. The lowest BCUT2D eigenvalue weighted by Gasteiger charge is -2.34. The summed E-state index contributed by atoms with van der Waals surface area (Å²) < 4.78 is 0. The molecule has 2 amide bonds. The van der Waals surface area contributed by atoms with Crippen LogP contribution in [0.5, 0.6) is 0 Å². The number of carbonyl (C=O) groups excluding carboxylic acids is 1. The minimum atomic E-state index is -1.22. The SMILES string of the molecule is CCC1CN(C(=O)NC(C)(C)C(=O)O)CCS1. The molecule has 2 N–H and O–H groups in total. The third kappa shape index (κ3) is 3.80. The quantitative estimate of drug-likeness (QED) is 0.804. The van der Waals surface area contributed by atoms with Crippen LogP contribution in [-0.4, -0.2) is 51.6 Å². The van der Waals surface area contributed by atoms with Crippen molar-refractivity contribution in [2.45, 2.75) is 38.0 Å². The van der Waals surface area contributed by atoms with Crippen molar-refractivity contribution in [2.75, 3.05) is 18.8 Å². The fraction of sp³-hybridized carbons (Fsp3) is 0.818. The highest BCUT2D eigenvalue weighted by Gasteiger charge is 2.32. The third-order valence-corrected chi connectivity index (χ3v) is 4.21. The summed E-state index contributed by atoms with van der Waals surface area (Å²) in [4.78, 5) is 24.5. The summed E-state index contributed by atoms with van der Waals surface area (Å²) in [5, 5.41) is 12.0. The Bertz CT molecular complexity index is 307. The monoisotopic (exact) mass is 260 g/mol. The van der Waals surface area contributed by atoms with Crippen molar-refractivity contribution in [2.24, 2.45) is 0 Å². The highest BCUT2D eigenvalue weighted by molar-refractivity contribution is 8.00. The Kier molecular flexibility index (Phi) is 4.68. The number of hydrogen-bond acceptors (Lipinski definition) is 3. The molecule has 0 aliphatic carbocycles. The number of nitrogens with zero attached hydrogens (tertiary/aromatic N) is 1. The standard InChI is InChI=1S/C11H20N2O3S/c1-4-8-7-13(5-6-17-8)10(16)12-11(2,3)9(14)15/h8H,4-7H2,1-3H3,(H,12,16)(H,14,15). The van der Waals surface area contributed by atoms with Gasteiger partial charge in [-0.3, -0.25) is 0 Å². The zero-order chi connectivity index (χ0) is 13.1. The Morgan fingerprint density at radius 3 is 2.71 bits per heavy atom. The Balaban J connectivity index is 2.55. The molecule has 1 aliphatic rings. The molecule has 98 valence electrons. The van der Waals surface area contributed by atoms with Crippen LogP contribution in [0.2, 0.25) is 0 Å². The number of carboxylic acids is 1. The molecule has 1 heterocycles. The van der Waals surface area contributed by atoms with E-state index in [4.69, 9.17) is 5.11 Å². The Hall–Kier alpha value is -0.910. The van der Waals surface area contributed by atoms with Gasteiger partial charge in [0.25, 0.3) is 0 Å². The van der Waals surface area contributed by atoms with Crippen molar-refractivity contribution in [3.8, 4) is 0 Å². The molecule has 1 fully saturated rings. The van der Waals surface area contributed by atoms with Gasteiger partial charge in [0.2, 0.25) is 0 Å². The molecule has 1 rings (SSSR count). The van der Waals surface area contributed by atoms with E-state index in [0.29, 0.717) is 18.3 Å². The minimum absolute atomic E-state index is 0.281. The maximum atomic E-state index is 11.9. The van der Waals surface area contributed by atoms with Gasteiger partial charge in [-0.05, 0) is 20.3 Å². The zero-order valence-corrected chi connectivity index (χ0v) is 11.3. The van der Waals surface area contributed by atoms with Gasteiger partial charge in [0.1, 0.15) is 5.54 Å². The van der Waals surface area contributed by atoms with Gasteiger partial charge in [0, 0.05) is 24.1 Å². The first-order valence-electron chi connectivity index (χ1n) is 5.79. The van der Waals surface area contributed by atoms with Gasteiger partial charge in [-0.2, -0.15) is 11.8 Å². The first-order valence-corrected chi connectivity index (χ1v) is 6.83.